The van der Waals surface area contributed by atoms with Gasteiger partial charge in [0.15, 0.2) is 5.89 Å². The van der Waals surface area contributed by atoms with Gasteiger partial charge in [-0.25, -0.2) is 4.98 Å². The van der Waals surface area contributed by atoms with Crippen LogP contribution in [0.1, 0.15) is 61.7 Å². The molecule has 2 aliphatic heterocycles. The number of aryl methyl sites for hydroxylation is 1. The predicted molar refractivity (Wildman–Crippen MR) is 198 cm³/mol. The number of anilines is 2. The van der Waals surface area contributed by atoms with Gasteiger partial charge in [-0.3, -0.25) is 9.69 Å². The summed E-state index contributed by atoms with van der Waals surface area (Å²) in [6, 6.07) is 23.3. The Morgan fingerprint density at radius 3 is 2.52 bits per heavy atom. The van der Waals surface area contributed by atoms with Crippen molar-refractivity contribution < 1.29 is 23.4 Å². The van der Waals surface area contributed by atoms with Crippen LogP contribution in [-0.4, -0.2) is 68.5 Å². The summed E-state index contributed by atoms with van der Waals surface area (Å²) < 4.78 is 22.5. The minimum atomic E-state index is -0.0901. The molecule has 3 aromatic carbocycles. The van der Waals surface area contributed by atoms with E-state index in [1.807, 2.05) is 37.3 Å². The summed E-state index contributed by atoms with van der Waals surface area (Å²) in [6.45, 7) is 9.67. The maximum Gasteiger partial charge on any atom is 0.251 e. The first-order valence-electron chi connectivity index (χ1n) is 17.9. The molecule has 1 N–H and O–H groups in total. The van der Waals surface area contributed by atoms with Crippen LogP contribution in [0.5, 0.6) is 5.75 Å². The average Bonchev–Trinajstić information content (AvgIpc) is 3.47. The van der Waals surface area contributed by atoms with Crippen LogP contribution in [0.2, 0.25) is 0 Å². The molecule has 50 heavy (non-hydrogen) atoms. The molecular formula is C41H50N4O5. The van der Waals surface area contributed by atoms with Gasteiger partial charge in [0.05, 0.1) is 18.8 Å². The summed E-state index contributed by atoms with van der Waals surface area (Å²) >= 11 is 0. The number of carbonyl (C=O) groups is 1. The van der Waals surface area contributed by atoms with Crippen molar-refractivity contribution in [2.75, 3.05) is 56.8 Å². The molecule has 4 aromatic rings. The second-order valence-corrected chi connectivity index (χ2v) is 13.2. The van der Waals surface area contributed by atoms with Crippen molar-refractivity contribution in [2.24, 2.45) is 0 Å². The summed E-state index contributed by atoms with van der Waals surface area (Å²) in [5, 5.41) is 3.16. The van der Waals surface area contributed by atoms with Gasteiger partial charge in [0.25, 0.3) is 5.91 Å². The molecule has 9 nitrogen and oxygen atoms in total. The molecule has 6 rings (SSSR count). The predicted octanol–water partition coefficient (Wildman–Crippen LogP) is 7.89. The largest absolute Gasteiger partial charge is 0.491 e. The molecule has 0 saturated carbocycles. The van der Waals surface area contributed by atoms with E-state index < -0.39 is 0 Å². The molecule has 0 unspecified atom stereocenters. The smallest absolute Gasteiger partial charge is 0.251 e. The van der Waals surface area contributed by atoms with Crippen LogP contribution >= 0.6 is 0 Å². The average molecular weight is 679 g/mol. The fourth-order valence-electron chi connectivity index (χ4n) is 6.55. The van der Waals surface area contributed by atoms with Crippen molar-refractivity contribution in [2.45, 2.75) is 65.1 Å². The summed E-state index contributed by atoms with van der Waals surface area (Å²) in [5.74, 6) is 1.36. The van der Waals surface area contributed by atoms with Gasteiger partial charge in [-0.05, 0) is 97.5 Å². The van der Waals surface area contributed by atoms with Gasteiger partial charge in [0.2, 0.25) is 0 Å². The van der Waals surface area contributed by atoms with Crippen molar-refractivity contribution in [1.82, 2.24) is 9.88 Å². The maximum atomic E-state index is 13.8. The highest BCUT2D eigenvalue weighted by Crippen LogP contribution is 2.34. The highest BCUT2D eigenvalue weighted by molar-refractivity contribution is 6.07. The van der Waals surface area contributed by atoms with Gasteiger partial charge in [0, 0.05) is 62.8 Å². The highest BCUT2D eigenvalue weighted by atomic mass is 16.5. The van der Waals surface area contributed by atoms with Crippen LogP contribution in [0.25, 0.3) is 17.2 Å². The maximum absolute atomic E-state index is 13.8. The van der Waals surface area contributed by atoms with E-state index in [2.05, 4.69) is 76.5 Å². The van der Waals surface area contributed by atoms with E-state index in [4.69, 9.17) is 18.6 Å². The molecule has 1 aromatic heterocycles. The number of aromatic nitrogens is 1. The number of nitrogens with zero attached hydrogens (tertiary/aromatic N) is 3. The molecule has 0 bridgehead atoms. The molecule has 0 atom stereocenters. The van der Waals surface area contributed by atoms with Gasteiger partial charge < -0.3 is 28.8 Å². The summed E-state index contributed by atoms with van der Waals surface area (Å²) in [7, 11) is 2.18. The molecule has 0 spiro atoms. The normalized spacial score (nSPS) is 15.0. The Bertz CT molecular complexity index is 1710. The molecule has 0 aliphatic carbocycles. The van der Waals surface area contributed by atoms with Gasteiger partial charge in [-0.15, -0.1) is 0 Å². The van der Waals surface area contributed by atoms with Gasteiger partial charge >= 0.3 is 0 Å². The molecule has 264 valence electrons. The first kappa shape index (κ1) is 35.4. The van der Waals surface area contributed by atoms with Crippen LogP contribution in [-0.2, 0) is 27.4 Å². The Morgan fingerprint density at radius 2 is 1.78 bits per heavy atom. The van der Waals surface area contributed by atoms with E-state index in [0.717, 1.165) is 97.1 Å². The fourth-order valence-corrected chi connectivity index (χ4v) is 6.55. The Hall–Kier alpha value is -4.44. The zero-order chi connectivity index (χ0) is 34.7. The first-order chi connectivity index (χ1) is 24.4. The Balaban J connectivity index is 1.16. The number of ether oxygens (including phenoxy) is 3. The molecule has 0 radical (unpaired) electrons. The van der Waals surface area contributed by atoms with E-state index in [9.17, 15) is 4.79 Å². The standard InChI is InChI=1S/C41H50N4O5/c1-4-5-20-47-23-24-49-39-13-8-32(9-14-39)33-10-15-40-35(25-33)26-34(16-19-45(40)28-37-29-50-30(2)42-37)41(46)43-36-11-6-31(7-12-36)27-44(3)38-17-21-48-22-18-38/h6-15,25-26,29,38H,4-5,16-24,27-28H2,1-3H3,(H,43,46). The van der Waals surface area contributed by atoms with Gasteiger partial charge in [-0.1, -0.05) is 43.7 Å². The number of hydrogen-bond donors (Lipinski definition) is 1. The molecule has 1 fully saturated rings. The third-order valence-electron chi connectivity index (χ3n) is 9.44. The van der Waals surface area contributed by atoms with Crippen LogP contribution in [0.4, 0.5) is 11.4 Å². The third kappa shape index (κ3) is 9.62. The zero-order valence-electron chi connectivity index (χ0n) is 29.7. The van der Waals surface area contributed by atoms with E-state index in [1.165, 1.54) is 5.56 Å². The van der Waals surface area contributed by atoms with Crippen molar-refractivity contribution in [3.8, 4) is 16.9 Å². The lowest BCUT2D eigenvalue weighted by molar-refractivity contribution is -0.112. The number of fused-ring (bicyclic) bond motifs is 1. The molecule has 3 heterocycles. The van der Waals surface area contributed by atoms with Gasteiger partial charge in [0.1, 0.15) is 18.6 Å². The number of hydrogen-bond acceptors (Lipinski definition) is 8. The van der Waals surface area contributed by atoms with E-state index in [0.29, 0.717) is 44.7 Å². The Labute approximate surface area is 296 Å². The monoisotopic (exact) mass is 678 g/mol. The molecule has 2 aliphatic rings. The van der Waals surface area contributed by atoms with Crippen LogP contribution in [0.15, 0.2) is 83.0 Å². The second kappa shape index (κ2) is 17.5. The lowest BCUT2D eigenvalue weighted by atomic mass is 10.00. The van der Waals surface area contributed by atoms with Crippen molar-refractivity contribution in [3.05, 3.63) is 101 Å². The Kier molecular flexibility index (Phi) is 12.4. The number of nitrogens with one attached hydrogen (secondary N) is 1. The van der Waals surface area contributed by atoms with E-state index in [-0.39, 0.29) is 5.91 Å². The summed E-state index contributed by atoms with van der Waals surface area (Å²) in [6.07, 6.45) is 8.66. The second-order valence-electron chi connectivity index (χ2n) is 13.2. The first-order valence-corrected chi connectivity index (χ1v) is 17.9. The summed E-state index contributed by atoms with van der Waals surface area (Å²) in [5.41, 5.74) is 7.78. The topological polar surface area (TPSA) is 89.3 Å². The number of benzene rings is 3. The molecular weight excluding hydrogens is 628 g/mol. The number of amides is 1. The fraction of sp³-hybridized carbons (Fsp3) is 0.415. The summed E-state index contributed by atoms with van der Waals surface area (Å²) in [4.78, 5) is 23.0. The van der Waals surface area contributed by atoms with Crippen LogP contribution in [0, 0.1) is 6.92 Å². The lowest BCUT2D eigenvalue weighted by Gasteiger charge is -2.31. The highest BCUT2D eigenvalue weighted by Gasteiger charge is 2.22. The zero-order valence-corrected chi connectivity index (χ0v) is 29.7. The van der Waals surface area contributed by atoms with Gasteiger partial charge in [-0.2, -0.15) is 0 Å². The lowest BCUT2D eigenvalue weighted by Crippen LogP contribution is -2.36. The number of unbranched alkanes of at least 4 members (excludes halogenated alkanes) is 1. The number of carbonyl (C=O) groups excluding carboxylic acids is 1. The number of rotatable bonds is 15. The van der Waals surface area contributed by atoms with Crippen molar-refractivity contribution in [1.29, 1.82) is 0 Å². The van der Waals surface area contributed by atoms with E-state index in [1.54, 1.807) is 6.26 Å². The van der Waals surface area contributed by atoms with Crippen molar-refractivity contribution >= 4 is 23.4 Å². The number of oxazole rings is 1. The minimum Gasteiger partial charge on any atom is -0.491 e. The molecule has 9 heteroatoms. The molecule has 1 amide bonds. The van der Waals surface area contributed by atoms with Crippen molar-refractivity contribution in [3.63, 3.8) is 0 Å². The van der Waals surface area contributed by atoms with Crippen LogP contribution in [0.3, 0.4) is 0 Å². The Morgan fingerprint density at radius 1 is 1.00 bits per heavy atom. The minimum absolute atomic E-state index is 0.0901. The molecule has 1 saturated heterocycles. The SMILES string of the molecule is CCCCOCCOc1ccc(-c2ccc3c(c2)C=C(C(=O)Nc2ccc(CN(C)C4CCOCC4)cc2)CCN3Cc2coc(C)n2)cc1. The van der Waals surface area contributed by atoms with Crippen LogP contribution < -0.4 is 15.0 Å². The quantitative estimate of drug-likeness (QED) is 0.127. The third-order valence-corrected chi connectivity index (χ3v) is 9.44. The van der Waals surface area contributed by atoms with E-state index >= 15 is 0 Å².